The molecule has 0 bridgehead atoms. The first-order valence-electron chi connectivity index (χ1n) is 11.8. The van der Waals surface area contributed by atoms with Crippen molar-refractivity contribution >= 4 is 29.1 Å². The molecule has 0 aromatic heterocycles. The minimum atomic E-state index is -0.936. The molecule has 35 heavy (non-hydrogen) atoms. The van der Waals surface area contributed by atoms with E-state index in [0.717, 1.165) is 11.4 Å². The third kappa shape index (κ3) is 4.58. The highest BCUT2D eigenvalue weighted by atomic mass is 35.5. The molecule has 0 atom stereocenters. The molecule has 8 heteroatoms. The molecule has 0 fully saturated rings. The van der Waals surface area contributed by atoms with E-state index in [0.29, 0.717) is 42.4 Å². The number of hydrogen-bond donors (Lipinski definition) is 2. The van der Waals surface area contributed by atoms with E-state index in [1.807, 2.05) is 32.6 Å². The van der Waals surface area contributed by atoms with Gasteiger partial charge in [-0.15, -0.1) is 0 Å². The number of phenols is 1. The molecule has 0 amide bonds. The van der Waals surface area contributed by atoms with Crippen LogP contribution in [0.5, 0.6) is 11.5 Å². The number of aromatic hydroxyl groups is 1. The van der Waals surface area contributed by atoms with Gasteiger partial charge >= 0.3 is 5.97 Å². The second-order valence-electron chi connectivity index (χ2n) is 11.4. The van der Waals surface area contributed by atoms with Crippen molar-refractivity contribution in [3.05, 3.63) is 45.3 Å². The van der Waals surface area contributed by atoms with Gasteiger partial charge in [-0.1, -0.05) is 39.3 Å². The molecular formula is C27H32ClNO6. The minimum Gasteiger partial charge on any atom is -0.503 e. The number of aliphatic carboxylic acids is 1. The number of carbonyl (C=O) groups excluding carboxylic acids is 2. The molecule has 1 heterocycles. The van der Waals surface area contributed by atoms with Crippen LogP contribution in [-0.2, 0) is 14.4 Å². The van der Waals surface area contributed by atoms with Crippen molar-refractivity contribution in [2.24, 2.45) is 10.8 Å². The van der Waals surface area contributed by atoms with Gasteiger partial charge in [0, 0.05) is 47.8 Å². The van der Waals surface area contributed by atoms with Crippen molar-refractivity contribution < 1.29 is 29.3 Å². The Labute approximate surface area is 210 Å². The van der Waals surface area contributed by atoms with Gasteiger partial charge in [-0.3, -0.25) is 14.4 Å². The molecule has 188 valence electrons. The largest absolute Gasteiger partial charge is 0.503 e. The minimum absolute atomic E-state index is 0.0612. The molecule has 0 radical (unpaired) electrons. The van der Waals surface area contributed by atoms with E-state index in [4.69, 9.17) is 16.3 Å². The number of ketones is 2. The van der Waals surface area contributed by atoms with Gasteiger partial charge in [-0.05, 0) is 41.4 Å². The normalized spacial score (nSPS) is 21.7. The Hall–Kier alpha value is -2.80. The smallest absolute Gasteiger partial charge is 0.305 e. The lowest BCUT2D eigenvalue weighted by molar-refractivity contribution is -0.137. The summed E-state index contributed by atoms with van der Waals surface area (Å²) in [6.07, 6.45) is 1.69. The highest BCUT2D eigenvalue weighted by Crippen LogP contribution is 2.55. The molecule has 0 saturated heterocycles. The van der Waals surface area contributed by atoms with Gasteiger partial charge in [0.2, 0.25) is 0 Å². The number of methoxy groups -OCH3 is 1. The van der Waals surface area contributed by atoms with Crippen LogP contribution in [0.1, 0.15) is 71.3 Å². The van der Waals surface area contributed by atoms with Gasteiger partial charge in [0.1, 0.15) is 0 Å². The SMILES string of the molecule is COc1cc(C2C3=C(CC(C)(C)CC3=O)N(CCC(=O)O)C3=C2C(=O)CC(C)(C)C3)cc(Cl)c1O. The summed E-state index contributed by atoms with van der Waals surface area (Å²) < 4.78 is 5.32. The molecule has 4 rings (SSSR count). The van der Waals surface area contributed by atoms with Crippen LogP contribution < -0.4 is 4.74 Å². The fourth-order valence-corrected chi connectivity index (χ4v) is 5.99. The summed E-state index contributed by atoms with van der Waals surface area (Å²) in [6, 6.07) is 3.22. The first-order valence-corrected chi connectivity index (χ1v) is 12.2. The van der Waals surface area contributed by atoms with E-state index in [-0.39, 0.29) is 51.9 Å². The summed E-state index contributed by atoms with van der Waals surface area (Å²) in [7, 11) is 1.42. The maximum Gasteiger partial charge on any atom is 0.305 e. The molecular weight excluding hydrogens is 470 g/mol. The monoisotopic (exact) mass is 501 g/mol. The van der Waals surface area contributed by atoms with Gasteiger partial charge in [0.05, 0.1) is 18.6 Å². The van der Waals surface area contributed by atoms with Crippen LogP contribution in [0.25, 0.3) is 0 Å². The summed E-state index contributed by atoms with van der Waals surface area (Å²) in [5.74, 6) is -1.75. The zero-order valence-electron chi connectivity index (χ0n) is 20.8. The van der Waals surface area contributed by atoms with Crippen LogP contribution in [0.2, 0.25) is 5.02 Å². The predicted octanol–water partition coefficient (Wildman–Crippen LogP) is 5.21. The third-order valence-electron chi connectivity index (χ3n) is 7.18. The molecule has 7 nitrogen and oxygen atoms in total. The fraction of sp³-hybridized carbons (Fsp3) is 0.519. The highest BCUT2D eigenvalue weighted by molar-refractivity contribution is 6.32. The van der Waals surface area contributed by atoms with Gasteiger partial charge in [0.25, 0.3) is 0 Å². The number of Topliss-reactive ketones (excluding diaryl/α,β-unsaturated/α-hetero) is 2. The van der Waals surface area contributed by atoms with Gasteiger partial charge in [-0.2, -0.15) is 0 Å². The van der Waals surface area contributed by atoms with Crippen molar-refractivity contribution in [1.82, 2.24) is 4.90 Å². The van der Waals surface area contributed by atoms with Gasteiger partial charge in [-0.25, -0.2) is 0 Å². The maximum absolute atomic E-state index is 13.7. The molecule has 1 aromatic rings. The van der Waals surface area contributed by atoms with Crippen LogP contribution in [-0.4, -0.2) is 46.3 Å². The lowest BCUT2D eigenvalue weighted by atomic mass is 9.63. The highest BCUT2D eigenvalue weighted by Gasteiger charge is 2.49. The standard InChI is InChI=1S/C27H32ClNO6/c1-26(2)10-16-23(18(30)12-26)22(14-8-15(28)25(34)20(9-14)35-5)24-17(29(16)7-6-21(32)33)11-27(3,4)13-19(24)31/h8-9,22,34H,6-7,10-13H2,1-5H3,(H,32,33). The van der Waals surface area contributed by atoms with E-state index in [2.05, 4.69) is 0 Å². The number of rotatable bonds is 5. The van der Waals surface area contributed by atoms with Gasteiger partial charge < -0.3 is 19.8 Å². The Balaban J connectivity index is 2.02. The molecule has 0 saturated carbocycles. The number of allylic oxidation sites excluding steroid dienone is 4. The van der Waals surface area contributed by atoms with Crippen molar-refractivity contribution in [3.63, 3.8) is 0 Å². The topological polar surface area (TPSA) is 104 Å². The van der Waals surface area contributed by atoms with Crippen LogP contribution in [0.15, 0.2) is 34.7 Å². The summed E-state index contributed by atoms with van der Waals surface area (Å²) in [6.45, 7) is 8.30. The van der Waals surface area contributed by atoms with Crippen LogP contribution >= 0.6 is 11.6 Å². The average molecular weight is 502 g/mol. The predicted molar refractivity (Wildman–Crippen MR) is 131 cm³/mol. The summed E-state index contributed by atoms with van der Waals surface area (Å²) in [5.41, 5.74) is 2.59. The molecule has 2 N–H and O–H groups in total. The molecule has 2 aliphatic carbocycles. The Morgan fingerprint density at radius 2 is 1.54 bits per heavy atom. The average Bonchev–Trinajstić information content (AvgIpc) is 2.71. The summed E-state index contributed by atoms with van der Waals surface area (Å²) in [5, 5.41) is 19.8. The van der Waals surface area contributed by atoms with E-state index in [1.165, 1.54) is 7.11 Å². The second kappa shape index (κ2) is 8.70. The first kappa shape index (κ1) is 25.3. The maximum atomic E-state index is 13.7. The number of benzene rings is 1. The third-order valence-corrected chi connectivity index (χ3v) is 7.46. The zero-order chi connectivity index (χ0) is 25.9. The van der Waals surface area contributed by atoms with Crippen LogP contribution in [0, 0.1) is 10.8 Å². The van der Waals surface area contributed by atoms with E-state index < -0.39 is 11.9 Å². The van der Waals surface area contributed by atoms with Crippen molar-refractivity contribution in [3.8, 4) is 11.5 Å². The molecule has 1 aliphatic heterocycles. The Morgan fingerprint density at radius 3 is 2.00 bits per heavy atom. The fourth-order valence-electron chi connectivity index (χ4n) is 5.77. The Bertz CT molecular complexity index is 1140. The number of carboxylic acid groups (broad SMARTS) is 1. The Morgan fingerprint density at radius 1 is 1.03 bits per heavy atom. The van der Waals surface area contributed by atoms with Gasteiger partial charge in [0.15, 0.2) is 23.1 Å². The number of halogens is 1. The van der Waals surface area contributed by atoms with Crippen molar-refractivity contribution in [2.45, 2.75) is 65.7 Å². The second-order valence-corrected chi connectivity index (χ2v) is 11.8. The van der Waals surface area contributed by atoms with Crippen molar-refractivity contribution in [2.75, 3.05) is 13.7 Å². The van der Waals surface area contributed by atoms with Crippen LogP contribution in [0.4, 0.5) is 0 Å². The van der Waals surface area contributed by atoms with Crippen molar-refractivity contribution in [1.29, 1.82) is 0 Å². The molecule has 1 aromatic carbocycles. The molecule has 0 spiro atoms. The number of carbonyl (C=O) groups is 3. The first-order chi connectivity index (χ1) is 16.2. The zero-order valence-corrected chi connectivity index (χ0v) is 21.6. The number of hydrogen-bond acceptors (Lipinski definition) is 6. The lowest BCUT2D eigenvalue weighted by Gasteiger charge is -2.49. The number of phenolic OH excluding ortho intramolecular Hbond substituents is 1. The number of ether oxygens (including phenoxy) is 1. The molecule has 0 unspecified atom stereocenters. The van der Waals surface area contributed by atoms with Crippen LogP contribution in [0.3, 0.4) is 0 Å². The van der Waals surface area contributed by atoms with E-state index in [1.54, 1.807) is 12.1 Å². The van der Waals surface area contributed by atoms with E-state index in [9.17, 15) is 24.6 Å². The Kier molecular flexibility index (Phi) is 6.29. The molecule has 3 aliphatic rings. The number of nitrogens with zero attached hydrogens (tertiary/aromatic N) is 1. The van der Waals surface area contributed by atoms with E-state index >= 15 is 0 Å². The number of carboxylic acids is 1. The quantitative estimate of drug-likeness (QED) is 0.570. The summed E-state index contributed by atoms with van der Waals surface area (Å²) in [4.78, 5) is 40.8. The lowest BCUT2D eigenvalue weighted by Crippen LogP contribution is -2.45. The summed E-state index contributed by atoms with van der Waals surface area (Å²) >= 11 is 6.34.